The number of para-hydroxylation sites is 1. The summed E-state index contributed by atoms with van der Waals surface area (Å²) in [6, 6.07) is 3.86. The molecule has 0 bridgehead atoms. The van der Waals surface area contributed by atoms with Gasteiger partial charge >= 0.3 is 6.18 Å². The van der Waals surface area contributed by atoms with Crippen LogP contribution in [0.1, 0.15) is 23.5 Å². The minimum absolute atomic E-state index is 0.130. The fourth-order valence-electron chi connectivity index (χ4n) is 2.02. The molecular weight excluding hydrogens is 233 g/mol. The molecule has 17 heavy (non-hydrogen) atoms. The van der Waals surface area contributed by atoms with E-state index in [0.29, 0.717) is 5.56 Å². The van der Waals surface area contributed by atoms with Crippen LogP contribution < -0.4 is 11.1 Å². The molecule has 0 aliphatic carbocycles. The maximum Gasteiger partial charge on any atom is 0.418 e. The number of halogens is 3. The van der Waals surface area contributed by atoms with Gasteiger partial charge in [0.15, 0.2) is 0 Å². The first-order valence-electron chi connectivity index (χ1n) is 5.13. The van der Waals surface area contributed by atoms with Crippen molar-refractivity contribution in [2.75, 3.05) is 11.9 Å². The van der Waals surface area contributed by atoms with Crippen molar-refractivity contribution in [1.29, 1.82) is 0 Å². The van der Waals surface area contributed by atoms with Crippen LogP contribution in [0.2, 0.25) is 0 Å². The lowest BCUT2D eigenvalue weighted by molar-refractivity contribution is -0.137. The van der Waals surface area contributed by atoms with Gasteiger partial charge in [0.1, 0.15) is 0 Å². The molecule has 0 radical (unpaired) electrons. The Bertz CT molecular complexity index is 457. The molecule has 1 aliphatic rings. The van der Waals surface area contributed by atoms with Crippen molar-refractivity contribution in [3.05, 3.63) is 29.3 Å². The lowest BCUT2D eigenvalue weighted by Gasteiger charge is -2.27. The van der Waals surface area contributed by atoms with Crippen molar-refractivity contribution in [3.8, 4) is 0 Å². The van der Waals surface area contributed by atoms with Crippen LogP contribution in [0, 0.1) is 0 Å². The van der Waals surface area contributed by atoms with Crippen molar-refractivity contribution in [2.24, 2.45) is 5.73 Å². The number of nitrogens with two attached hydrogens (primary N) is 1. The fourth-order valence-corrected chi connectivity index (χ4v) is 2.02. The number of rotatable bonds is 1. The molecule has 0 spiro atoms. The highest BCUT2D eigenvalue weighted by Gasteiger charge is 2.37. The average molecular weight is 244 g/mol. The molecule has 1 atom stereocenters. The predicted molar refractivity (Wildman–Crippen MR) is 56.5 cm³/mol. The summed E-state index contributed by atoms with van der Waals surface area (Å²) in [6.45, 7) is 0.154. The van der Waals surface area contributed by atoms with Gasteiger partial charge < -0.3 is 11.1 Å². The molecule has 2 rings (SSSR count). The quantitative estimate of drug-likeness (QED) is 0.794. The minimum Gasteiger partial charge on any atom is -0.330 e. The molecule has 0 aromatic heterocycles. The van der Waals surface area contributed by atoms with Gasteiger partial charge in [0, 0.05) is 12.3 Å². The molecule has 3 nitrogen and oxygen atoms in total. The number of benzene rings is 1. The highest BCUT2D eigenvalue weighted by molar-refractivity contribution is 5.95. The number of alkyl halides is 3. The molecule has 1 unspecified atom stereocenters. The van der Waals surface area contributed by atoms with E-state index in [0.717, 1.165) is 6.07 Å². The molecule has 0 fully saturated rings. The Hall–Kier alpha value is -1.56. The van der Waals surface area contributed by atoms with E-state index in [1.165, 1.54) is 6.07 Å². The minimum atomic E-state index is -4.48. The summed E-state index contributed by atoms with van der Waals surface area (Å²) in [5, 5.41) is 2.28. The van der Waals surface area contributed by atoms with E-state index < -0.39 is 17.6 Å². The zero-order valence-electron chi connectivity index (χ0n) is 8.84. The second-order valence-corrected chi connectivity index (χ2v) is 3.95. The number of carbonyl (C=O) groups is 1. The van der Waals surface area contributed by atoms with Crippen molar-refractivity contribution < 1.29 is 18.0 Å². The summed E-state index contributed by atoms with van der Waals surface area (Å²) in [6.07, 6.45) is -4.35. The lowest BCUT2D eigenvalue weighted by atomic mass is 9.88. The SMILES string of the molecule is NCC1CC(=O)Nc2c1cccc2C(F)(F)F. The smallest absolute Gasteiger partial charge is 0.330 e. The molecule has 3 N–H and O–H groups in total. The van der Waals surface area contributed by atoms with Crippen molar-refractivity contribution in [2.45, 2.75) is 18.5 Å². The Morgan fingerprint density at radius 2 is 2.12 bits per heavy atom. The van der Waals surface area contributed by atoms with Gasteiger partial charge in [-0.15, -0.1) is 0 Å². The van der Waals surface area contributed by atoms with Crippen LogP contribution in [0.5, 0.6) is 0 Å². The van der Waals surface area contributed by atoms with Crippen molar-refractivity contribution >= 4 is 11.6 Å². The van der Waals surface area contributed by atoms with E-state index in [9.17, 15) is 18.0 Å². The van der Waals surface area contributed by atoms with Crippen LogP contribution in [0.25, 0.3) is 0 Å². The zero-order chi connectivity index (χ0) is 12.6. The summed E-state index contributed by atoms with van der Waals surface area (Å²) in [5.74, 6) is -0.773. The first-order valence-corrected chi connectivity index (χ1v) is 5.13. The van der Waals surface area contributed by atoms with E-state index in [4.69, 9.17) is 5.73 Å². The van der Waals surface area contributed by atoms with Crippen molar-refractivity contribution in [3.63, 3.8) is 0 Å². The number of nitrogens with one attached hydrogen (secondary N) is 1. The van der Waals surface area contributed by atoms with Gasteiger partial charge in [-0.3, -0.25) is 4.79 Å². The van der Waals surface area contributed by atoms with Gasteiger partial charge in [-0.1, -0.05) is 12.1 Å². The number of hydrogen-bond donors (Lipinski definition) is 2. The van der Waals surface area contributed by atoms with E-state index in [1.807, 2.05) is 0 Å². The largest absolute Gasteiger partial charge is 0.418 e. The first-order chi connectivity index (χ1) is 7.93. The Kier molecular flexibility index (Phi) is 2.82. The van der Waals surface area contributed by atoms with E-state index >= 15 is 0 Å². The van der Waals surface area contributed by atoms with Crippen LogP contribution in [-0.4, -0.2) is 12.5 Å². The standard InChI is InChI=1S/C11H11F3N2O/c12-11(13,14)8-3-1-2-7-6(5-15)4-9(17)16-10(7)8/h1-3,6H,4-5,15H2,(H,16,17). The van der Waals surface area contributed by atoms with Gasteiger partial charge in [0.05, 0.1) is 11.3 Å². The lowest BCUT2D eigenvalue weighted by Crippen LogP contribution is -2.29. The normalized spacial score (nSPS) is 19.8. The van der Waals surface area contributed by atoms with Crippen molar-refractivity contribution in [1.82, 2.24) is 0 Å². The van der Waals surface area contributed by atoms with E-state index in [2.05, 4.69) is 5.32 Å². The molecule has 0 saturated heterocycles. The van der Waals surface area contributed by atoms with Crippen LogP contribution in [-0.2, 0) is 11.0 Å². The van der Waals surface area contributed by atoms with Gasteiger partial charge in [0.2, 0.25) is 5.91 Å². The maximum atomic E-state index is 12.8. The van der Waals surface area contributed by atoms with Crippen LogP contribution >= 0.6 is 0 Å². The Labute approximate surface area is 95.8 Å². The number of carbonyl (C=O) groups excluding carboxylic acids is 1. The molecule has 1 aromatic rings. The molecule has 92 valence electrons. The van der Waals surface area contributed by atoms with Crippen LogP contribution in [0.4, 0.5) is 18.9 Å². The van der Waals surface area contributed by atoms with Gasteiger partial charge in [0.25, 0.3) is 0 Å². The van der Waals surface area contributed by atoms with Gasteiger partial charge in [-0.2, -0.15) is 13.2 Å². The molecule has 1 aromatic carbocycles. The zero-order valence-corrected chi connectivity index (χ0v) is 8.84. The average Bonchev–Trinajstić information content (AvgIpc) is 2.25. The summed E-state index contributed by atoms with van der Waals surface area (Å²) in [7, 11) is 0. The molecule has 1 heterocycles. The molecular formula is C11H11F3N2O. The Morgan fingerprint density at radius 1 is 1.41 bits per heavy atom. The second kappa shape index (κ2) is 4.03. The monoisotopic (exact) mass is 244 g/mol. The number of fused-ring (bicyclic) bond motifs is 1. The highest BCUT2D eigenvalue weighted by Crippen LogP contribution is 2.41. The Balaban J connectivity index is 2.57. The summed E-state index contributed by atoms with van der Waals surface area (Å²) < 4.78 is 38.3. The molecule has 6 heteroatoms. The van der Waals surface area contributed by atoms with Gasteiger partial charge in [-0.05, 0) is 18.2 Å². The number of hydrogen-bond acceptors (Lipinski definition) is 2. The second-order valence-electron chi connectivity index (χ2n) is 3.95. The number of anilines is 1. The first kappa shape index (κ1) is 11.9. The third-order valence-corrected chi connectivity index (χ3v) is 2.82. The highest BCUT2D eigenvalue weighted by atomic mass is 19.4. The fraction of sp³-hybridized carbons (Fsp3) is 0.364. The third kappa shape index (κ3) is 2.12. The predicted octanol–water partition coefficient (Wildman–Crippen LogP) is 2.09. The number of amides is 1. The van der Waals surface area contributed by atoms with Crippen LogP contribution in [0.3, 0.4) is 0 Å². The third-order valence-electron chi connectivity index (χ3n) is 2.82. The molecule has 1 aliphatic heterocycles. The summed E-state index contributed by atoms with van der Waals surface area (Å²) in [4.78, 5) is 11.3. The van der Waals surface area contributed by atoms with E-state index in [-0.39, 0.29) is 24.6 Å². The molecule has 0 saturated carbocycles. The topological polar surface area (TPSA) is 55.1 Å². The van der Waals surface area contributed by atoms with Gasteiger partial charge in [-0.25, -0.2) is 0 Å². The maximum absolute atomic E-state index is 12.8. The summed E-state index contributed by atoms with van der Waals surface area (Å²) in [5.41, 5.74) is 4.97. The summed E-state index contributed by atoms with van der Waals surface area (Å²) >= 11 is 0. The van der Waals surface area contributed by atoms with E-state index in [1.54, 1.807) is 6.07 Å². The Morgan fingerprint density at radius 3 is 2.71 bits per heavy atom. The molecule has 1 amide bonds. The van der Waals surface area contributed by atoms with Crippen LogP contribution in [0.15, 0.2) is 18.2 Å².